The van der Waals surface area contributed by atoms with Gasteiger partial charge in [-0.25, -0.2) is 9.59 Å². The first-order chi connectivity index (χ1) is 12.1. The van der Waals surface area contributed by atoms with E-state index in [-0.39, 0.29) is 19.8 Å². The molecule has 0 saturated heterocycles. The quantitative estimate of drug-likeness (QED) is 0.250. The summed E-state index contributed by atoms with van der Waals surface area (Å²) in [5, 5.41) is 0. The van der Waals surface area contributed by atoms with E-state index in [2.05, 4.69) is 20.1 Å². The van der Waals surface area contributed by atoms with E-state index in [9.17, 15) is 9.59 Å². The normalized spacial score (nSPS) is 11.2. The van der Waals surface area contributed by atoms with Gasteiger partial charge in [0, 0.05) is 12.2 Å². The molecule has 25 heavy (non-hydrogen) atoms. The van der Waals surface area contributed by atoms with Gasteiger partial charge in [-0.15, -0.1) is 0 Å². The fourth-order valence-electron chi connectivity index (χ4n) is 1.88. The molecule has 1 atom stereocenters. The van der Waals surface area contributed by atoms with E-state index in [1.807, 2.05) is 24.3 Å². The Kier molecular flexibility index (Phi) is 9.70. The van der Waals surface area contributed by atoms with Crippen LogP contribution in [0.4, 0.5) is 0 Å². The first-order valence-electron chi connectivity index (χ1n) is 8.04. The minimum absolute atomic E-state index is 0.00209. The van der Waals surface area contributed by atoms with E-state index in [0.29, 0.717) is 5.75 Å². The molecule has 0 fully saturated rings. The van der Waals surface area contributed by atoms with Crippen molar-refractivity contribution in [2.24, 2.45) is 0 Å². The second-order valence-electron chi connectivity index (χ2n) is 5.02. The van der Waals surface area contributed by atoms with Crippen LogP contribution in [0.25, 0.3) is 0 Å². The van der Waals surface area contributed by atoms with Gasteiger partial charge < -0.3 is 18.9 Å². The molecule has 0 aliphatic heterocycles. The molecule has 0 saturated carbocycles. The molecule has 0 amide bonds. The molecule has 0 N–H and O–H groups in total. The topological polar surface area (TPSA) is 71.1 Å². The first-order valence-corrected chi connectivity index (χ1v) is 8.04. The largest absolute Gasteiger partial charge is 0.487 e. The van der Waals surface area contributed by atoms with Gasteiger partial charge in [-0.2, -0.15) is 0 Å². The molecule has 1 aromatic carbocycles. The van der Waals surface area contributed by atoms with Gasteiger partial charge in [0.05, 0.1) is 6.61 Å². The van der Waals surface area contributed by atoms with Gasteiger partial charge in [0.15, 0.2) is 6.61 Å². The third-order valence-corrected chi connectivity index (χ3v) is 3.06. The summed E-state index contributed by atoms with van der Waals surface area (Å²) < 4.78 is 20.8. The van der Waals surface area contributed by atoms with Crippen LogP contribution in [0.2, 0.25) is 0 Å². The monoisotopic (exact) mass is 348 g/mol. The summed E-state index contributed by atoms with van der Waals surface area (Å²) >= 11 is 0. The Morgan fingerprint density at radius 3 is 2.36 bits per heavy atom. The summed E-state index contributed by atoms with van der Waals surface area (Å²) in [7, 11) is 0. The Hall–Kier alpha value is -2.60. The Labute approximate surface area is 148 Å². The number of hydrogen-bond acceptors (Lipinski definition) is 6. The number of benzene rings is 1. The highest BCUT2D eigenvalue weighted by atomic mass is 16.7. The Balaban J connectivity index is 2.48. The highest BCUT2D eigenvalue weighted by Gasteiger charge is 2.15. The van der Waals surface area contributed by atoms with Crippen LogP contribution in [-0.2, 0) is 30.2 Å². The number of carbonyl (C=O) groups is 2. The molecule has 0 aliphatic carbocycles. The van der Waals surface area contributed by atoms with Gasteiger partial charge >= 0.3 is 11.9 Å². The van der Waals surface area contributed by atoms with Gasteiger partial charge in [0.25, 0.3) is 0 Å². The van der Waals surface area contributed by atoms with E-state index in [0.717, 1.165) is 25.0 Å². The van der Waals surface area contributed by atoms with Crippen LogP contribution < -0.4 is 4.74 Å². The van der Waals surface area contributed by atoms with Crippen LogP contribution in [0.1, 0.15) is 18.9 Å². The molecular weight excluding hydrogens is 324 g/mol. The smallest absolute Gasteiger partial charge is 0.332 e. The zero-order chi connectivity index (χ0) is 18.5. The maximum Gasteiger partial charge on any atom is 0.332 e. The predicted molar refractivity (Wildman–Crippen MR) is 93.1 cm³/mol. The van der Waals surface area contributed by atoms with Crippen molar-refractivity contribution in [3.8, 4) is 5.75 Å². The van der Waals surface area contributed by atoms with Crippen LogP contribution in [0, 0.1) is 0 Å². The molecule has 1 aromatic rings. The molecule has 0 aliphatic rings. The number of ether oxygens (including phenoxy) is 4. The second kappa shape index (κ2) is 11.9. The lowest BCUT2D eigenvalue weighted by Crippen LogP contribution is -2.29. The van der Waals surface area contributed by atoms with Crippen molar-refractivity contribution >= 4 is 11.9 Å². The molecular formula is C19H24O6. The first kappa shape index (κ1) is 20.4. The summed E-state index contributed by atoms with van der Waals surface area (Å²) in [5.74, 6) is -0.539. The van der Waals surface area contributed by atoms with E-state index < -0.39 is 18.2 Å². The molecule has 6 heteroatoms. The Bertz CT molecular complexity index is 564. The number of carbonyl (C=O) groups excluding carboxylic acids is 2. The molecule has 6 nitrogen and oxygen atoms in total. The van der Waals surface area contributed by atoms with E-state index in [1.165, 1.54) is 5.56 Å². The van der Waals surface area contributed by atoms with Crippen molar-refractivity contribution in [1.29, 1.82) is 0 Å². The molecule has 1 rings (SSSR count). The van der Waals surface area contributed by atoms with E-state index in [1.54, 1.807) is 0 Å². The molecule has 1 unspecified atom stereocenters. The van der Waals surface area contributed by atoms with Gasteiger partial charge in [0.2, 0.25) is 6.29 Å². The Morgan fingerprint density at radius 1 is 1.08 bits per heavy atom. The summed E-state index contributed by atoms with van der Waals surface area (Å²) in [4.78, 5) is 22.3. The van der Waals surface area contributed by atoms with Gasteiger partial charge in [0.1, 0.15) is 12.4 Å². The van der Waals surface area contributed by atoms with Crippen molar-refractivity contribution in [2.75, 3.05) is 19.8 Å². The second-order valence-corrected chi connectivity index (χ2v) is 5.02. The lowest BCUT2D eigenvalue weighted by molar-refractivity contribution is -0.183. The maximum absolute atomic E-state index is 11.4. The third kappa shape index (κ3) is 8.72. The van der Waals surface area contributed by atoms with Crippen LogP contribution >= 0.6 is 0 Å². The molecule has 0 bridgehead atoms. The zero-order valence-electron chi connectivity index (χ0n) is 14.4. The summed E-state index contributed by atoms with van der Waals surface area (Å²) in [6.45, 7) is 8.81. The van der Waals surface area contributed by atoms with Crippen molar-refractivity contribution in [3.05, 3.63) is 55.1 Å². The van der Waals surface area contributed by atoms with E-state index in [4.69, 9.17) is 18.9 Å². The molecule has 0 aromatic heterocycles. The van der Waals surface area contributed by atoms with Crippen LogP contribution in [0.3, 0.4) is 0 Å². The summed E-state index contributed by atoms with van der Waals surface area (Å²) in [6.07, 6.45) is 3.23. The SMILES string of the molecule is C=CC(=O)OCCOC(COc1ccc(CCC)cc1)OC(=O)C=C. The van der Waals surface area contributed by atoms with Gasteiger partial charge in [-0.05, 0) is 24.1 Å². The number of aryl methyl sites for hydroxylation is 1. The summed E-state index contributed by atoms with van der Waals surface area (Å²) in [5.41, 5.74) is 1.23. The highest BCUT2D eigenvalue weighted by molar-refractivity contribution is 5.81. The van der Waals surface area contributed by atoms with Gasteiger partial charge in [-0.1, -0.05) is 38.6 Å². The van der Waals surface area contributed by atoms with Crippen molar-refractivity contribution < 1.29 is 28.5 Å². The van der Waals surface area contributed by atoms with Crippen LogP contribution in [-0.4, -0.2) is 38.0 Å². The lowest BCUT2D eigenvalue weighted by atomic mass is 10.1. The molecule has 0 spiro atoms. The van der Waals surface area contributed by atoms with Crippen LogP contribution in [0.5, 0.6) is 5.75 Å². The van der Waals surface area contributed by atoms with E-state index >= 15 is 0 Å². The number of rotatable bonds is 12. The third-order valence-electron chi connectivity index (χ3n) is 3.06. The summed E-state index contributed by atoms with van der Waals surface area (Å²) in [6, 6.07) is 7.67. The minimum atomic E-state index is -0.941. The van der Waals surface area contributed by atoms with Crippen molar-refractivity contribution in [3.63, 3.8) is 0 Å². The number of hydrogen-bond donors (Lipinski definition) is 0. The fourth-order valence-corrected chi connectivity index (χ4v) is 1.88. The van der Waals surface area contributed by atoms with Crippen molar-refractivity contribution in [2.45, 2.75) is 26.1 Å². The van der Waals surface area contributed by atoms with Crippen LogP contribution in [0.15, 0.2) is 49.6 Å². The van der Waals surface area contributed by atoms with Gasteiger partial charge in [-0.3, -0.25) is 0 Å². The Morgan fingerprint density at radius 2 is 1.76 bits per heavy atom. The average molecular weight is 348 g/mol. The molecule has 0 heterocycles. The fraction of sp³-hybridized carbons (Fsp3) is 0.368. The minimum Gasteiger partial charge on any atom is -0.487 e. The molecule has 0 radical (unpaired) electrons. The number of esters is 2. The predicted octanol–water partition coefficient (Wildman–Crippen LogP) is 2.82. The maximum atomic E-state index is 11.4. The van der Waals surface area contributed by atoms with Crippen molar-refractivity contribution in [1.82, 2.24) is 0 Å². The standard InChI is InChI=1S/C19H24O6/c1-4-7-15-8-10-16(11-9-15)24-14-19(25-18(21)6-3)23-13-12-22-17(20)5-2/h5-6,8-11,19H,2-4,7,12-14H2,1H3. The highest BCUT2D eigenvalue weighted by Crippen LogP contribution is 2.14. The lowest BCUT2D eigenvalue weighted by Gasteiger charge is -2.18. The molecule has 136 valence electrons. The zero-order valence-corrected chi connectivity index (χ0v) is 14.4. The average Bonchev–Trinajstić information content (AvgIpc) is 2.63.